The molecule has 0 saturated carbocycles. The summed E-state index contributed by atoms with van der Waals surface area (Å²) in [6.45, 7) is 5.94. The Morgan fingerprint density at radius 2 is 2.00 bits per heavy atom. The number of hydrogen-bond donors (Lipinski definition) is 2. The van der Waals surface area contributed by atoms with Gasteiger partial charge in [-0.2, -0.15) is 0 Å². The van der Waals surface area contributed by atoms with Crippen molar-refractivity contribution < 1.29 is 4.74 Å². The first-order valence-corrected chi connectivity index (χ1v) is 6.81. The quantitative estimate of drug-likeness (QED) is 0.651. The van der Waals surface area contributed by atoms with Crippen LogP contribution in [0.5, 0.6) is 0 Å². The van der Waals surface area contributed by atoms with Gasteiger partial charge in [0.2, 0.25) is 0 Å². The molecule has 0 radical (unpaired) electrons. The van der Waals surface area contributed by atoms with Gasteiger partial charge in [-0.15, -0.1) is 0 Å². The molecule has 1 aromatic rings. The van der Waals surface area contributed by atoms with Crippen LogP contribution in [0.3, 0.4) is 0 Å². The van der Waals surface area contributed by atoms with Crippen LogP contribution in [0, 0.1) is 5.41 Å². The van der Waals surface area contributed by atoms with Crippen molar-refractivity contribution in [3.05, 3.63) is 28.2 Å². The molecular weight excluding hydrogens is 294 g/mol. The Morgan fingerprint density at radius 3 is 2.50 bits per heavy atom. The van der Waals surface area contributed by atoms with Crippen LogP contribution in [0.2, 0.25) is 0 Å². The van der Waals surface area contributed by atoms with Crippen LogP contribution in [0.15, 0.2) is 22.7 Å². The van der Waals surface area contributed by atoms with Gasteiger partial charge in [-0.3, -0.25) is 5.41 Å². The molecule has 18 heavy (non-hydrogen) atoms. The van der Waals surface area contributed by atoms with Crippen molar-refractivity contribution in [3.63, 3.8) is 0 Å². The van der Waals surface area contributed by atoms with E-state index in [4.69, 9.17) is 15.9 Å². The number of nitrogens with two attached hydrogens (primary N) is 1. The number of nitrogens with one attached hydrogen (secondary N) is 1. The zero-order chi connectivity index (χ0) is 13.3. The molecule has 3 N–H and O–H groups in total. The van der Waals surface area contributed by atoms with E-state index in [-0.39, 0.29) is 18.0 Å². The second-order valence-electron chi connectivity index (χ2n) is 4.74. The summed E-state index contributed by atoms with van der Waals surface area (Å²) in [7, 11) is 0. The summed E-state index contributed by atoms with van der Waals surface area (Å²) in [5, 5.41) is 7.47. The largest absolute Gasteiger partial charge is 0.384 e. The van der Waals surface area contributed by atoms with E-state index in [1.807, 2.05) is 18.2 Å². The van der Waals surface area contributed by atoms with Crippen molar-refractivity contribution in [2.45, 2.75) is 26.1 Å². The average molecular weight is 312 g/mol. The van der Waals surface area contributed by atoms with Crippen molar-refractivity contribution in [1.29, 1.82) is 5.41 Å². The highest BCUT2D eigenvalue weighted by molar-refractivity contribution is 9.10. The maximum Gasteiger partial charge on any atom is 0.123 e. The van der Waals surface area contributed by atoms with E-state index >= 15 is 0 Å². The van der Waals surface area contributed by atoms with Gasteiger partial charge in [0.25, 0.3) is 0 Å². The molecule has 0 spiro atoms. The minimum Gasteiger partial charge on any atom is -0.384 e. The molecule has 2 atom stereocenters. The first kappa shape index (κ1) is 13.4. The lowest BCUT2D eigenvalue weighted by molar-refractivity contribution is -0.00521. The number of amidine groups is 1. The summed E-state index contributed by atoms with van der Waals surface area (Å²) in [5.74, 6) is 0.0807. The van der Waals surface area contributed by atoms with E-state index in [0.29, 0.717) is 0 Å². The Labute approximate surface area is 116 Å². The summed E-state index contributed by atoms with van der Waals surface area (Å²) >= 11 is 3.47. The molecule has 0 aliphatic carbocycles. The van der Waals surface area contributed by atoms with Crippen molar-refractivity contribution >= 4 is 27.5 Å². The van der Waals surface area contributed by atoms with Crippen LogP contribution < -0.4 is 10.6 Å². The number of nitrogens with zero attached hydrogens (tertiary/aromatic N) is 1. The number of hydrogen-bond acceptors (Lipinski definition) is 3. The molecule has 2 rings (SSSR count). The predicted molar refractivity (Wildman–Crippen MR) is 77.4 cm³/mol. The van der Waals surface area contributed by atoms with Gasteiger partial charge in [-0.1, -0.05) is 0 Å². The second kappa shape index (κ2) is 5.28. The van der Waals surface area contributed by atoms with Crippen LogP contribution in [0.4, 0.5) is 5.69 Å². The van der Waals surface area contributed by atoms with Gasteiger partial charge >= 0.3 is 0 Å². The molecule has 5 heteroatoms. The van der Waals surface area contributed by atoms with Gasteiger partial charge in [0.15, 0.2) is 0 Å². The van der Waals surface area contributed by atoms with Crippen molar-refractivity contribution in [3.8, 4) is 0 Å². The molecule has 98 valence electrons. The average Bonchev–Trinajstić information content (AvgIpc) is 2.26. The van der Waals surface area contributed by atoms with E-state index in [1.54, 1.807) is 0 Å². The van der Waals surface area contributed by atoms with Crippen molar-refractivity contribution in [1.82, 2.24) is 0 Å². The summed E-state index contributed by atoms with van der Waals surface area (Å²) in [6.07, 6.45) is 0.472. The lowest BCUT2D eigenvalue weighted by atomic mass is 10.1. The summed E-state index contributed by atoms with van der Waals surface area (Å²) in [6, 6.07) is 5.90. The predicted octanol–water partition coefficient (Wildman–Crippen LogP) is 2.35. The number of rotatable bonds is 2. The first-order valence-electron chi connectivity index (χ1n) is 6.01. The molecule has 1 aliphatic heterocycles. The minimum absolute atomic E-state index is 0.0807. The number of halogens is 1. The normalized spacial score (nSPS) is 24.1. The highest BCUT2D eigenvalue weighted by atomic mass is 79.9. The maximum absolute atomic E-state index is 7.47. The van der Waals surface area contributed by atoms with Crippen LogP contribution in [-0.2, 0) is 4.74 Å². The third-order valence-electron chi connectivity index (χ3n) is 3.03. The van der Waals surface area contributed by atoms with Gasteiger partial charge in [-0.05, 0) is 48.0 Å². The van der Waals surface area contributed by atoms with Gasteiger partial charge < -0.3 is 15.4 Å². The van der Waals surface area contributed by atoms with Gasteiger partial charge in [0.05, 0.1) is 12.2 Å². The van der Waals surface area contributed by atoms with Gasteiger partial charge in [0, 0.05) is 28.8 Å². The standard InChI is InChI=1S/C13H18BrN3O/c1-8-6-17(7-9(2)18-8)10-3-4-11(13(15)16)12(14)5-10/h3-5,8-9H,6-7H2,1-2H3,(H3,15,16). The SMILES string of the molecule is CC1CN(c2ccc(C(=N)N)c(Br)c2)CC(C)O1. The molecule has 1 aromatic carbocycles. The Kier molecular flexibility index (Phi) is 3.92. The molecule has 0 bridgehead atoms. The molecule has 1 aliphatic rings. The fourth-order valence-corrected chi connectivity index (χ4v) is 2.89. The van der Waals surface area contributed by atoms with Crippen molar-refractivity contribution in [2.24, 2.45) is 5.73 Å². The zero-order valence-corrected chi connectivity index (χ0v) is 12.2. The fourth-order valence-electron chi connectivity index (χ4n) is 2.31. The lowest BCUT2D eigenvalue weighted by Gasteiger charge is -2.37. The summed E-state index contributed by atoms with van der Waals surface area (Å²) in [5.41, 5.74) is 7.37. The maximum atomic E-state index is 7.47. The lowest BCUT2D eigenvalue weighted by Crippen LogP contribution is -2.45. The highest BCUT2D eigenvalue weighted by Crippen LogP contribution is 2.26. The molecule has 1 fully saturated rings. The minimum atomic E-state index is 0.0807. The van der Waals surface area contributed by atoms with E-state index in [1.165, 1.54) is 0 Å². The van der Waals surface area contributed by atoms with Crippen LogP contribution >= 0.6 is 15.9 Å². The molecule has 1 heterocycles. The molecule has 4 nitrogen and oxygen atoms in total. The monoisotopic (exact) mass is 311 g/mol. The van der Waals surface area contributed by atoms with E-state index < -0.39 is 0 Å². The topological polar surface area (TPSA) is 62.3 Å². The van der Waals surface area contributed by atoms with E-state index in [0.717, 1.165) is 28.8 Å². The van der Waals surface area contributed by atoms with Crippen LogP contribution in [0.1, 0.15) is 19.4 Å². The molecular formula is C13H18BrN3O. The number of benzene rings is 1. The molecule has 0 aromatic heterocycles. The van der Waals surface area contributed by atoms with Gasteiger partial charge in [-0.25, -0.2) is 0 Å². The van der Waals surface area contributed by atoms with Gasteiger partial charge in [0.1, 0.15) is 5.84 Å². The zero-order valence-electron chi connectivity index (χ0n) is 10.6. The fraction of sp³-hybridized carbons (Fsp3) is 0.462. The smallest absolute Gasteiger partial charge is 0.123 e. The van der Waals surface area contributed by atoms with E-state index in [9.17, 15) is 0 Å². The Morgan fingerprint density at radius 1 is 1.39 bits per heavy atom. The number of anilines is 1. The highest BCUT2D eigenvalue weighted by Gasteiger charge is 2.22. The van der Waals surface area contributed by atoms with E-state index in [2.05, 4.69) is 34.7 Å². The molecule has 0 amide bonds. The summed E-state index contributed by atoms with van der Waals surface area (Å²) in [4.78, 5) is 2.30. The van der Waals surface area contributed by atoms with Crippen molar-refractivity contribution in [2.75, 3.05) is 18.0 Å². The molecule has 1 saturated heterocycles. The Bertz CT molecular complexity index is 454. The Hall–Kier alpha value is -1.07. The number of morpholine rings is 1. The Balaban J connectivity index is 2.23. The molecule has 2 unspecified atom stereocenters. The number of ether oxygens (including phenoxy) is 1. The number of nitrogen functional groups attached to an aromatic ring is 1. The van der Waals surface area contributed by atoms with Crippen LogP contribution in [0.25, 0.3) is 0 Å². The summed E-state index contributed by atoms with van der Waals surface area (Å²) < 4.78 is 6.58. The third kappa shape index (κ3) is 2.84. The first-order chi connectivity index (χ1) is 8.47. The third-order valence-corrected chi connectivity index (χ3v) is 3.68. The van der Waals surface area contributed by atoms with Crippen LogP contribution in [-0.4, -0.2) is 31.1 Å². The second-order valence-corrected chi connectivity index (χ2v) is 5.59.